The summed E-state index contributed by atoms with van der Waals surface area (Å²) in [5.41, 5.74) is 0. The molecule has 1 rings (SSSR count). The average molecular weight is 294 g/mol. The summed E-state index contributed by atoms with van der Waals surface area (Å²) in [6, 6.07) is 0.430. The lowest BCUT2D eigenvalue weighted by atomic mass is 10.2. The number of hydrogen-bond donors (Lipinski definition) is 1. The van der Waals surface area contributed by atoms with E-state index < -0.39 is 0 Å². The third-order valence-electron chi connectivity index (χ3n) is 3.68. The highest BCUT2D eigenvalue weighted by atomic mass is 16.5. The number of nitrogens with one attached hydrogen (secondary N) is 1. The number of nitrogens with zero attached hydrogens (tertiary/aromatic N) is 3. The van der Waals surface area contributed by atoms with Crippen molar-refractivity contribution in [2.24, 2.45) is 0 Å². The summed E-state index contributed by atoms with van der Waals surface area (Å²) in [4.78, 5) is 11.1. The minimum Gasteiger partial charge on any atom is -0.490 e. The fourth-order valence-electron chi connectivity index (χ4n) is 2.21. The predicted octanol–water partition coefficient (Wildman–Crippen LogP) is 3.71. The van der Waals surface area contributed by atoms with E-state index in [9.17, 15) is 0 Å². The van der Waals surface area contributed by atoms with Crippen LogP contribution in [0.2, 0.25) is 0 Å². The molecule has 5 nitrogen and oxygen atoms in total. The standard InChI is InChI=1S/C16H30N4O/c1-6-9-11-20(13(4)8-3)16-14(21-5)15(17-10-7-2)18-12-19-16/h12-13H,6-11H2,1-5H3,(H,17,18,19). The molecule has 1 aromatic heterocycles. The third kappa shape index (κ3) is 4.76. The zero-order chi connectivity index (χ0) is 15.7. The van der Waals surface area contributed by atoms with Gasteiger partial charge in [0, 0.05) is 19.1 Å². The topological polar surface area (TPSA) is 50.3 Å². The van der Waals surface area contributed by atoms with E-state index in [1.807, 2.05) is 0 Å². The monoisotopic (exact) mass is 294 g/mol. The number of aromatic nitrogens is 2. The second kappa shape index (κ2) is 9.42. The van der Waals surface area contributed by atoms with Gasteiger partial charge in [0.25, 0.3) is 0 Å². The molecule has 1 heterocycles. The Morgan fingerprint density at radius 3 is 2.57 bits per heavy atom. The molecular weight excluding hydrogens is 264 g/mol. The van der Waals surface area contributed by atoms with Gasteiger partial charge in [-0.15, -0.1) is 0 Å². The number of methoxy groups -OCH3 is 1. The minimum atomic E-state index is 0.430. The van der Waals surface area contributed by atoms with Crippen molar-refractivity contribution in [3.8, 4) is 5.75 Å². The van der Waals surface area contributed by atoms with Crippen LogP contribution in [0.15, 0.2) is 6.33 Å². The van der Waals surface area contributed by atoms with E-state index >= 15 is 0 Å². The maximum absolute atomic E-state index is 5.60. The van der Waals surface area contributed by atoms with Gasteiger partial charge in [0.2, 0.25) is 5.75 Å². The Morgan fingerprint density at radius 1 is 1.24 bits per heavy atom. The molecule has 0 saturated heterocycles. The van der Waals surface area contributed by atoms with Gasteiger partial charge in [0.05, 0.1) is 7.11 Å². The van der Waals surface area contributed by atoms with Crippen molar-refractivity contribution < 1.29 is 4.74 Å². The summed E-state index contributed by atoms with van der Waals surface area (Å²) in [5.74, 6) is 2.44. The second-order valence-electron chi connectivity index (χ2n) is 5.31. The van der Waals surface area contributed by atoms with Crippen LogP contribution in [-0.4, -0.2) is 36.2 Å². The molecule has 0 radical (unpaired) electrons. The Morgan fingerprint density at radius 2 is 2.00 bits per heavy atom. The minimum absolute atomic E-state index is 0.430. The molecule has 0 fully saturated rings. The van der Waals surface area contributed by atoms with Crippen LogP contribution in [0.1, 0.15) is 53.4 Å². The fraction of sp³-hybridized carbons (Fsp3) is 0.750. The van der Waals surface area contributed by atoms with Crippen molar-refractivity contribution in [1.29, 1.82) is 0 Å². The summed E-state index contributed by atoms with van der Waals surface area (Å²) in [7, 11) is 1.69. The van der Waals surface area contributed by atoms with Gasteiger partial charge >= 0.3 is 0 Å². The number of hydrogen-bond acceptors (Lipinski definition) is 5. The van der Waals surface area contributed by atoms with Crippen LogP contribution in [0.3, 0.4) is 0 Å². The summed E-state index contributed by atoms with van der Waals surface area (Å²) < 4.78 is 5.60. The van der Waals surface area contributed by atoms with Gasteiger partial charge in [-0.25, -0.2) is 9.97 Å². The highest BCUT2D eigenvalue weighted by molar-refractivity contribution is 5.65. The van der Waals surface area contributed by atoms with Gasteiger partial charge in [-0.2, -0.15) is 0 Å². The van der Waals surface area contributed by atoms with Crippen LogP contribution in [0.5, 0.6) is 5.75 Å². The largest absolute Gasteiger partial charge is 0.490 e. The van der Waals surface area contributed by atoms with E-state index in [0.717, 1.165) is 49.7 Å². The van der Waals surface area contributed by atoms with Gasteiger partial charge in [-0.3, -0.25) is 0 Å². The highest BCUT2D eigenvalue weighted by Crippen LogP contribution is 2.33. The molecule has 0 amide bonds. The molecule has 1 N–H and O–H groups in total. The lowest BCUT2D eigenvalue weighted by Crippen LogP contribution is -2.34. The normalized spacial score (nSPS) is 12.0. The van der Waals surface area contributed by atoms with E-state index in [-0.39, 0.29) is 0 Å². The lowest BCUT2D eigenvalue weighted by Gasteiger charge is -2.31. The lowest BCUT2D eigenvalue weighted by molar-refractivity contribution is 0.409. The predicted molar refractivity (Wildman–Crippen MR) is 89.4 cm³/mol. The Balaban J connectivity index is 3.10. The van der Waals surface area contributed by atoms with E-state index in [1.54, 1.807) is 13.4 Å². The van der Waals surface area contributed by atoms with Crippen LogP contribution in [0, 0.1) is 0 Å². The van der Waals surface area contributed by atoms with E-state index in [1.165, 1.54) is 6.42 Å². The smallest absolute Gasteiger partial charge is 0.204 e. The van der Waals surface area contributed by atoms with E-state index in [2.05, 4.69) is 47.9 Å². The summed E-state index contributed by atoms with van der Waals surface area (Å²) in [6.07, 6.45) is 6.07. The molecule has 1 atom stereocenters. The molecule has 0 aliphatic rings. The molecule has 120 valence electrons. The Bertz CT molecular complexity index is 411. The van der Waals surface area contributed by atoms with Crippen LogP contribution in [0.4, 0.5) is 11.6 Å². The molecule has 0 bridgehead atoms. The Hall–Kier alpha value is -1.52. The Kier molecular flexibility index (Phi) is 7.87. The van der Waals surface area contributed by atoms with Gasteiger partial charge < -0.3 is 15.0 Å². The first-order valence-electron chi connectivity index (χ1n) is 8.08. The first-order valence-corrected chi connectivity index (χ1v) is 8.08. The maximum atomic E-state index is 5.60. The van der Waals surface area contributed by atoms with E-state index in [0.29, 0.717) is 6.04 Å². The third-order valence-corrected chi connectivity index (χ3v) is 3.68. The van der Waals surface area contributed by atoms with Crippen molar-refractivity contribution >= 4 is 11.6 Å². The number of unbranched alkanes of at least 4 members (excludes halogenated alkanes) is 1. The molecule has 0 aliphatic heterocycles. The van der Waals surface area contributed by atoms with Gasteiger partial charge in [0.15, 0.2) is 11.6 Å². The number of ether oxygens (including phenoxy) is 1. The molecule has 0 aromatic carbocycles. The van der Waals surface area contributed by atoms with E-state index in [4.69, 9.17) is 4.74 Å². The fourth-order valence-corrected chi connectivity index (χ4v) is 2.21. The number of anilines is 2. The molecule has 5 heteroatoms. The van der Waals surface area contributed by atoms with Gasteiger partial charge in [-0.05, 0) is 26.2 Å². The summed E-state index contributed by atoms with van der Waals surface area (Å²) in [6.45, 7) is 10.6. The average Bonchev–Trinajstić information content (AvgIpc) is 2.52. The molecule has 0 aliphatic carbocycles. The second-order valence-corrected chi connectivity index (χ2v) is 5.31. The van der Waals surface area contributed by atoms with Crippen molar-refractivity contribution in [2.75, 3.05) is 30.4 Å². The summed E-state index contributed by atoms with van der Waals surface area (Å²) >= 11 is 0. The Labute approximate surface area is 129 Å². The molecular formula is C16H30N4O. The van der Waals surface area contributed by atoms with Crippen LogP contribution >= 0.6 is 0 Å². The van der Waals surface area contributed by atoms with Crippen LogP contribution in [-0.2, 0) is 0 Å². The molecule has 0 spiro atoms. The van der Waals surface area contributed by atoms with Crippen molar-refractivity contribution in [2.45, 2.75) is 59.4 Å². The van der Waals surface area contributed by atoms with Crippen molar-refractivity contribution in [3.63, 3.8) is 0 Å². The highest BCUT2D eigenvalue weighted by Gasteiger charge is 2.21. The van der Waals surface area contributed by atoms with Crippen molar-refractivity contribution in [1.82, 2.24) is 9.97 Å². The first-order chi connectivity index (χ1) is 10.2. The molecule has 21 heavy (non-hydrogen) atoms. The quantitative estimate of drug-likeness (QED) is 0.713. The van der Waals surface area contributed by atoms with Crippen LogP contribution < -0.4 is 15.0 Å². The van der Waals surface area contributed by atoms with Crippen LogP contribution in [0.25, 0.3) is 0 Å². The first kappa shape index (κ1) is 17.5. The zero-order valence-electron chi connectivity index (χ0n) is 14.1. The molecule has 0 saturated carbocycles. The maximum Gasteiger partial charge on any atom is 0.204 e. The zero-order valence-corrected chi connectivity index (χ0v) is 14.1. The van der Waals surface area contributed by atoms with Crippen molar-refractivity contribution in [3.05, 3.63) is 6.33 Å². The molecule has 1 aromatic rings. The van der Waals surface area contributed by atoms with Gasteiger partial charge in [-0.1, -0.05) is 27.2 Å². The summed E-state index contributed by atoms with van der Waals surface area (Å²) in [5, 5.41) is 3.32. The van der Waals surface area contributed by atoms with Gasteiger partial charge in [0.1, 0.15) is 6.33 Å². The molecule has 1 unspecified atom stereocenters. The SMILES string of the molecule is CCCCN(c1ncnc(NCCC)c1OC)C(C)CC. The number of rotatable bonds is 10.